The average molecular weight is 477 g/mol. The van der Waals surface area contributed by atoms with E-state index in [4.69, 9.17) is 4.74 Å². The molecule has 32 heavy (non-hydrogen) atoms. The lowest BCUT2D eigenvalue weighted by Gasteiger charge is -2.25. The molecule has 0 spiro atoms. The Hall–Kier alpha value is -2.78. The maximum absolute atomic E-state index is 14.7. The lowest BCUT2D eigenvalue weighted by atomic mass is 9.84. The molecule has 1 heterocycles. The second kappa shape index (κ2) is 9.38. The molecule has 2 aromatic carbocycles. The molecule has 168 valence electrons. The van der Waals surface area contributed by atoms with E-state index in [1.54, 1.807) is 19.1 Å². The Morgan fingerprint density at radius 2 is 2.00 bits per heavy atom. The number of hydrogen-bond acceptors (Lipinski definition) is 5. The first kappa shape index (κ1) is 22.4. The van der Waals surface area contributed by atoms with Crippen LogP contribution in [-0.4, -0.2) is 20.0 Å². The van der Waals surface area contributed by atoms with Gasteiger partial charge in [0.1, 0.15) is 22.3 Å². The van der Waals surface area contributed by atoms with Gasteiger partial charge in [-0.2, -0.15) is 0 Å². The molecule has 0 aliphatic heterocycles. The summed E-state index contributed by atoms with van der Waals surface area (Å²) in [5.74, 6) is -0.676. The predicted octanol–water partition coefficient (Wildman–Crippen LogP) is 5.79. The Labute approximate surface area is 189 Å². The molecule has 0 saturated heterocycles. The summed E-state index contributed by atoms with van der Waals surface area (Å²) in [6, 6.07) is 8.73. The van der Waals surface area contributed by atoms with Gasteiger partial charge in [0.25, 0.3) is 10.0 Å². The highest BCUT2D eigenvalue weighted by molar-refractivity contribution is 7.92. The van der Waals surface area contributed by atoms with Crippen LogP contribution < -0.4 is 9.46 Å². The minimum Gasteiger partial charge on any atom is -0.493 e. The van der Waals surface area contributed by atoms with Gasteiger partial charge in [-0.3, -0.25) is 4.72 Å². The van der Waals surface area contributed by atoms with E-state index in [-0.39, 0.29) is 17.6 Å². The third-order valence-electron chi connectivity index (χ3n) is 5.37. The number of ether oxygens (including phenoxy) is 1. The van der Waals surface area contributed by atoms with Crippen molar-refractivity contribution in [3.8, 4) is 5.75 Å². The number of nitrogens with one attached hydrogen (secondary N) is 1. The molecule has 0 saturated carbocycles. The number of halogens is 2. The van der Waals surface area contributed by atoms with E-state index in [0.29, 0.717) is 17.9 Å². The second-order valence-electron chi connectivity index (χ2n) is 7.63. The van der Waals surface area contributed by atoms with Crippen molar-refractivity contribution in [3.05, 3.63) is 76.1 Å². The molecule has 0 bridgehead atoms. The molecule has 1 aliphatic carbocycles. The minimum absolute atomic E-state index is 0.0754. The van der Waals surface area contributed by atoms with Gasteiger partial charge in [0, 0.05) is 17.4 Å². The van der Waals surface area contributed by atoms with Gasteiger partial charge in [-0.1, -0.05) is 18.2 Å². The highest BCUT2D eigenvalue weighted by Crippen LogP contribution is 2.34. The quantitative estimate of drug-likeness (QED) is 0.468. The Bertz CT molecular complexity index is 1220. The van der Waals surface area contributed by atoms with Gasteiger partial charge < -0.3 is 4.74 Å². The van der Waals surface area contributed by atoms with Gasteiger partial charge in [0.2, 0.25) is 0 Å². The number of hydrogen-bond donors (Lipinski definition) is 1. The zero-order valence-electron chi connectivity index (χ0n) is 17.3. The minimum atomic E-state index is -4.11. The van der Waals surface area contributed by atoms with Gasteiger partial charge in [0.05, 0.1) is 12.1 Å². The molecule has 1 N–H and O–H groups in total. The van der Waals surface area contributed by atoms with Crippen LogP contribution in [0.1, 0.15) is 30.4 Å². The van der Waals surface area contributed by atoms with Crippen LogP contribution in [0.15, 0.2) is 58.3 Å². The van der Waals surface area contributed by atoms with Crippen molar-refractivity contribution in [1.29, 1.82) is 0 Å². The van der Waals surface area contributed by atoms with E-state index in [1.807, 2.05) is 0 Å². The topological polar surface area (TPSA) is 68.3 Å². The van der Waals surface area contributed by atoms with Gasteiger partial charge in [0.15, 0.2) is 5.82 Å². The normalized spacial score (nSPS) is 16.5. The van der Waals surface area contributed by atoms with Crippen LogP contribution in [-0.2, 0) is 10.0 Å². The summed E-state index contributed by atoms with van der Waals surface area (Å²) in [4.78, 5) is 3.41. The smallest absolute Gasteiger partial charge is 0.266 e. The Morgan fingerprint density at radius 1 is 1.22 bits per heavy atom. The van der Waals surface area contributed by atoms with E-state index in [0.717, 1.165) is 36.5 Å². The fourth-order valence-electron chi connectivity index (χ4n) is 3.76. The van der Waals surface area contributed by atoms with Crippen molar-refractivity contribution in [2.75, 3.05) is 11.3 Å². The molecule has 5 nitrogen and oxygen atoms in total. The van der Waals surface area contributed by atoms with Gasteiger partial charge in [-0.25, -0.2) is 22.2 Å². The van der Waals surface area contributed by atoms with Gasteiger partial charge >= 0.3 is 0 Å². The standard InChI is InChI=1S/C23H22F2N2O3S2/c1-15-10-22(32(28,29)27-23-13-31-14-26-23)20(25)11-21(15)30-12-17-4-2-3-5-19(17)16-6-8-18(24)9-7-16/h5-11,13-14,17,27H,2-4,12H2,1H3. The largest absolute Gasteiger partial charge is 0.493 e. The lowest BCUT2D eigenvalue weighted by Crippen LogP contribution is -2.18. The first-order chi connectivity index (χ1) is 15.3. The van der Waals surface area contributed by atoms with Crippen molar-refractivity contribution in [1.82, 2.24) is 4.98 Å². The highest BCUT2D eigenvalue weighted by atomic mass is 32.2. The number of sulfonamides is 1. The van der Waals surface area contributed by atoms with E-state index in [1.165, 1.54) is 40.4 Å². The number of allylic oxidation sites excluding steroid dienone is 1. The molecule has 1 atom stereocenters. The summed E-state index contributed by atoms with van der Waals surface area (Å²) < 4.78 is 61.3. The summed E-state index contributed by atoms with van der Waals surface area (Å²) in [6.45, 7) is 1.99. The number of aromatic nitrogens is 1. The van der Waals surface area contributed by atoms with Crippen LogP contribution in [0.2, 0.25) is 0 Å². The molecule has 9 heteroatoms. The lowest BCUT2D eigenvalue weighted by molar-refractivity contribution is 0.265. The fourth-order valence-corrected chi connectivity index (χ4v) is 5.46. The van der Waals surface area contributed by atoms with E-state index in [9.17, 15) is 17.2 Å². The number of anilines is 1. The SMILES string of the molecule is Cc1cc(S(=O)(=O)Nc2cscn2)c(F)cc1OCC1CCCC=C1c1ccc(F)cc1. The van der Waals surface area contributed by atoms with Crippen LogP contribution in [0.4, 0.5) is 14.6 Å². The monoisotopic (exact) mass is 476 g/mol. The van der Waals surface area contributed by atoms with Gasteiger partial charge in [-0.05, 0) is 61.1 Å². The van der Waals surface area contributed by atoms with Gasteiger partial charge in [-0.15, -0.1) is 11.3 Å². The molecular formula is C23H22F2N2O3S2. The molecule has 0 fully saturated rings. The maximum Gasteiger partial charge on any atom is 0.266 e. The Balaban J connectivity index is 1.51. The summed E-state index contributed by atoms with van der Waals surface area (Å²) >= 11 is 1.23. The van der Waals surface area contributed by atoms with Crippen molar-refractivity contribution < 1.29 is 21.9 Å². The Kier molecular flexibility index (Phi) is 6.57. The molecule has 4 rings (SSSR count). The summed E-state index contributed by atoms with van der Waals surface area (Å²) in [5, 5.41) is 1.52. The Morgan fingerprint density at radius 3 is 2.72 bits per heavy atom. The van der Waals surface area contributed by atoms with E-state index in [2.05, 4.69) is 15.8 Å². The second-order valence-corrected chi connectivity index (χ2v) is 10.0. The van der Waals surface area contributed by atoms with Crippen molar-refractivity contribution in [2.24, 2.45) is 5.92 Å². The first-order valence-corrected chi connectivity index (χ1v) is 12.6. The average Bonchev–Trinajstić information content (AvgIpc) is 3.27. The van der Waals surface area contributed by atoms with Crippen LogP contribution >= 0.6 is 11.3 Å². The third kappa shape index (κ3) is 4.99. The molecule has 3 aromatic rings. The third-order valence-corrected chi connectivity index (χ3v) is 7.32. The summed E-state index contributed by atoms with van der Waals surface area (Å²) in [7, 11) is -4.11. The summed E-state index contributed by atoms with van der Waals surface area (Å²) in [6.07, 6.45) is 4.98. The zero-order valence-corrected chi connectivity index (χ0v) is 19.0. The number of rotatable bonds is 7. The maximum atomic E-state index is 14.7. The molecule has 0 amide bonds. The fraction of sp³-hybridized carbons (Fsp3) is 0.261. The zero-order chi connectivity index (χ0) is 22.7. The van der Waals surface area contributed by atoms with Crippen LogP contribution in [0.3, 0.4) is 0 Å². The number of benzene rings is 2. The molecule has 1 aliphatic rings. The molecule has 1 aromatic heterocycles. The number of nitrogens with zero attached hydrogens (tertiary/aromatic N) is 1. The van der Waals surface area contributed by atoms with Crippen LogP contribution in [0, 0.1) is 24.5 Å². The number of thiazole rings is 1. The predicted molar refractivity (Wildman–Crippen MR) is 121 cm³/mol. The summed E-state index contributed by atoms with van der Waals surface area (Å²) in [5.41, 5.74) is 4.02. The molecular weight excluding hydrogens is 454 g/mol. The van der Waals surface area contributed by atoms with E-state index >= 15 is 0 Å². The highest BCUT2D eigenvalue weighted by Gasteiger charge is 2.24. The van der Waals surface area contributed by atoms with Crippen molar-refractivity contribution >= 4 is 32.8 Å². The first-order valence-electron chi connectivity index (χ1n) is 10.1. The van der Waals surface area contributed by atoms with Crippen LogP contribution in [0.5, 0.6) is 5.75 Å². The van der Waals surface area contributed by atoms with Crippen molar-refractivity contribution in [3.63, 3.8) is 0 Å². The molecule has 1 unspecified atom stereocenters. The van der Waals surface area contributed by atoms with Crippen molar-refractivity contribution in [2.45, 2.75) is 31.1 Å². The number of aryl methyl sites for hydroxylation is 1. The molecule has 0 radical (unpaired) electrons. The van der Waals surface area contributed by atoms with Crippen LogP contribution in [0.25, 0.3) is 5.57 Å². The van der Waals surface area contributed by atoms with E-state index < -0.39 is 20.7 Å².